The fourth-order valence-corrected chi connectivity index (χ4v) is 4.13. The van der Waals surface area contributed by atoms with Crippen LogP contribution < -0.4 is 19.8 Å². The highest BCUT2D eigenvalue weighted by atomic mass is 16.5. The van der Waals surface area contributed by atoms with E-state index in [1.165, 1.54) is 4.90 Å². The largest absolute Gasteiger partial charge is 0.490 e. The van der Waals surface area contributed by atoms with Crippen LogP contribution in [-0.4, -0.2) is 51.2 Å². The average Bonchev–Trinajstić information content (AvgIpc) is 3.06. The van der Waals surface area contributed by atoms with Crippen molar-refractivity contribution in [3.63, 3.8) is 0 Å². The van der Waals surface area contributed by atoms with Crippen LogP contribution in [0, 0.1) is 0 Å². The van der Waals surface area contributed by atoms with E-state index < -0.39 is 6.04 Å². The number of rotatable bonds is 8. The van der Waals surface area contributed by atoms with Crippen LogP contribution in [0.25, 0.3) is 11.0 Å². The van der Waals surface area contributed by atoms with Crippen LogP contribution in [0.5, 0.6) is 11.5 Å². The van der Waals surface area contributed by atoms with Gasteiger partial charge in [-0.2, -0.15) is 0 Å². The molecular formula is C25H29N2O5+. The van der Waals surface area contributed by atoms with Gasteiger partial charge in [0.05, 0.1) is 57.4 Å². The van der Waals surface area contributed by atoms with Crippen molar-refractivity contribution < 1.29 is 23.6 Å². The Bertz CT molecular complexity index is 1200. The zero-order chi connectivity index (χ0) is 22.8. The molecule has 0 spiro atoms. The van der Waals surface area contributed by atoms with E-state index in [1.807, 2.05) is 46.1 Å². The third-order valence-corrected chi connectivity index (χ3v) is 5.61. The normalized spacial score (nSPS) is 15.5. The standard InChI is InChI=1S/C25H28N2O5/c1-5-30-19-12-11-16(15-20(19)31-6-2)22-21-23(28)17-9-7-8-10-18(17)32-24(21)25(29)27(22)14-13-26(3)4/h7-12,15,22H,5-6,13-14H2,1-4H3/p+1/t22-/m1/s1. The molecule has 2 heterocycles. The van der Waals surface area contributed by atoms with Crippen molar-refractivity contribution in [2.75, 3.05) is 40.4 Å². The molecule has 1 amide bonds. The lowest BCUT2D eigenvalue weighted by Crippen LogP contribution is -3.06. The number of likely N-dealkylation sites (N-methyl/N-ethyl adjacent to an activating group) is 1. The van der Waals surface area contributed by atoms with Gasteiger partial charge in [0.25, 0.3) is 5.91 Å². The van der Waals surface area contributed by atoms with Gasteiger partial charge < -0.3 is 23.7 Å². The molecule has 0 bridgehead atoms. The Kier molecular flexibility index (Phi) is 6.19. The molecule has 1 atom stereocenters. The number of nitrogens with one attached hydrogen (secondary N) is 1. The molecule has 168 valence electrons. The second-order valence-electron chi connectivity index (χ2n) is 8.10. The molecule has 1 N–H and O–H groups in total. The van der Waals surface area contributed by atoms with Crippen LogP contribution in [-0.2, 0) is 0 Å². The van der Waals surface area contributed by atoms with Crippen LogP contribution in [0.3, 0.4) is 0 Å². The summed E-state index contributed by atoms with van der Waals surface area (Å²) < 4.78 is 17.5. The Morgan fingerprint density at radius 3 is 2.44 bits per heavy atom. The van der Waals surface area contributed by atoms with Crippen molar-refractivity contribution >= 4 is 16.9 Å². The Balaban J connectivity index is 1.90. The van der Waals surface area contributed by atoms with E-state index in [1.54, 1.807) is 29.2 Å². The Hall–Kier alpha value is -3.32. The summed E-state index contributed by atoms with van der Waals surface area (Å²) in [7, 11) is 4.06. The molecule has 0 aliphatic carbocycles. The fourth-order valence-electron chi connectivity index (χ4n) is 4.13. The van der Waals surface area contributed by atoms with Crippen LogP contribution >= 0.6 is 0 Å². The number of hydrogen-bond acceptors (Lipinski definition) is 5. The highest BCUT2D eigenvalue weighted by Crippen LogP contribution is 2.40. The van der Waals surface area contributed by atoms with Crippen LogP contribution in [0.4, 0.5) is 0 Å². The summed E-state index contributed by atoms with van der Waals surface area (Å²) >= 11 is 0. The minimum atomic E-state index is -0.549. The molecule has 1 aromatic heterocycles. The third kappa shape index (κ3) is 3.84. The lowest BCUT2D eigenvalue weighted by Gasteiger charge is -2.26. The number of hydrogen-bond donors (Lipinski definition) is 1. The van der Waals surface area contributed by atoms with Crippen molar-refractivity contribution in [1.29, 1.82) is 0 Å². The van der Waals surface area contributed by atoms with Gasteiger partial charge in [0.15, 0.2) is 16.9 Å². The van der Waals surface area contributed by atoms with Crippen molar-refractivity contribution in [3.05, 3.63) is 69.6 Å². The van der Waals surface area contributed by atoms with Gasteiger partial charge in [-0.05, 0) is 43.7 Å². The highest BCUT2D eigenvalue weighted by molar-refractivity contribution is 5.99. The van der Waals surface area contributed by atoms with Crippen LogP contribution in [0.2, 0.25) is 0 Å². The van der Waals surface area contributed by atoms with Gasteiger partial charge in [-0.3, -0.25) is 9.59 Å². The molecule has 0 saturated heterocycles. The summed E-state index contributed by atoms with van der Waals surface area (Å²) in [6, 6.07) is 12.1. The molecule has 0 unspecified atom stereocenters. The monoisotopic (exact) mass is 437 g/mol. The predicted octanol–water partition coefficient (Wildman–Crippen LogP) is 2.28. The molecule has 4 rings (SSSR count). The summed E-state index contributed by atoms with van der Waals surface area (Å²) in [5.74, 6) is 1.09. The molecule has 2 aromatic carbocycles. The first-order chi connectivity index (χ1) is 15.5. The highest BCUT2D eigenvalue weighted by Gasteiger charge is 2.43. The molecular weight excluding hydrogens is 408 g/mol. The number of ether oxygens (including phenoxy) is 2. The van der Waals surface area contributed by atoms with Gasteiger partial charge in [-0.25, -0.2) is 0 Å². The molecule has 0 saturated carbocycles. The van der Waals surface area contributed by atoms with Crippen molar-refractivity contribution in [1.82, 2.24) is 4.90 Å². The zero-order valence-corrected chi connectivity index (χ0v) is 18.9. The van der Waals surface area contributed by atoms with E-state index in [9.17, 15) is 9.59 Å². The molecule has 7 heteroatoms. The summed E-state index contributed by atoms with van der Waals surface area (Å²) in [5, 5.41) is 0.472. The van der Waals surface area contributed by atoms with E-state index in [0.29, 0.717) is 47.8 Å². The maximum Gasteiger partial charge on any atom is 0.291 e. The van der Waals surface area contributed by atoms with E-state index in [4.69, 9.17) is 13.9 Å². The molecule has 0 radical (unpaired) electrons. The van der Waals surface area contributed by atoms with E-state index in [0.717, 1.165) is 12.1 Å². The number of nitrogens with zero attached hydrogens (tertiary/aromatic N) is 1. The van der Waals surface area contributed by atoms with Gasteiger partial charge in [-0.15, -0.1) is 0 Å². The van der Waals surface area contributed by atoms with E-state index >= 15 is 0 Å². The SMILES string of the molecule is CCOc1ccc([C@@H]2c3c(oc4ccccc4c3=O)C(=O)N2CC[NH+](C)C)cc1OCC. The Morgan fingerprint density at radius 2 is 1.72 bits per heavy atom. The minimum absolute atomic E-state index is 0.124. The predicted molar refractivity (Wildman–Crippen MR) is 122 cm³/mol. The summed E-state index contributed by atoms with van der Waals surface area (Å²) in [6.07, 6.45) is 0. The topological polar surface area (TPSA) is 73.4 Å². The number of amides is 1. The quantitative estimate of drug-likeness (QED) is 0.585. The number of benzene rings is 2. The Morgan fingerprint density at radius 1 is 1.00 bits per heavy atom. The number of carbonyl (C=O) groups is 1. The lowest BCUT2D eigenvalue weighted by atomic mass is 9.98. The van der Waals surface area contributed by atoms with Gasteiger partial charge >= 0.3 is 0 Å². The second kappa shape index (κ2) is 9.04. The lowest BCUT2D eigenvalue weighted by molar-refractivity contribution is -0.857. The number of para-hydroxylation sites is 1. The van der Waals surface area contributed by atoms with Gasteiger partial charge in [0, 0.05) is 0 Å². The van der Waals surface area contributed by atoms with Gasteiger partial charge in [0.1, 0.15) is 5.58 Å². The van der Waals surface area contributed by atoms with Crippen molar-refractivity contribution in [3.8, 4) is 11.5 Å². The number of fused-ring (bicyclic) bond motifs is 2. The summed E-state index contributed by atoms with van der Waals surface area (Å²) in [5.41, 5.74) is 1.42. The van der Waals surface area contributed by atoms with Crippen molar-refractivity contribution in [2.24, 2.45) is 0 Å². The van der Waals surface area contributed by atoms with Crippen LogP contribution in [0.15, 0.2) is 51.7 Å². The molecule has 0 fully saturated rings. The fraction of sp³-hybridized carbons (Fsp3) is 0.360. The molecule has 1 aliphatic rings. The Labute approximate surface area is 187 Å². The first-order valence-corrected chi connectivity index (χ1v) is 11.0. The van der Waals surface area contributed by atoms with E-state index in [-0.39, 0.29) is 17.1 Å². The third-order valence-electron chi connectivity index (χ3n) is 5.61. The maximum absolute atomic E-state index is 13.5. The molecule has 3 aromatic rings. The molecule has 1 aliphatic heterocycles. The maximum atomic E-state index is 13.5. The number of quaternary nitrogens is 1. The van der Waals surface area contributed by atoms with Gasteiger partial charge in [-0.1, -0.05) is 18.2 Å². The summed E-state index contributed by atoms with van der Waals surface area (Å²) in [6.45, 7) is 6.03. The average molecular weight is 438 g/mol. The van der Waals surface area contributed by atoms with Gasteiger partial charge in [0.2, 0.25) is 5.76 Å². The zero-order valence-electron chi connectivity index (χ0n) is 18.9. The minimum Gasteiger partial charge on any atom is -0.490 e. The first kappa shape index (κ1) is 21.9. The smallest absolute Gasteiger partial charge is 0.291 e. The number of carbonyl (C=O) groups excluding carboxylic acids is 1. The second-order valence-corrected chi connectivity index (χ2v) is 8.10. The molecule has 7 nitrogen and oxygen atoms in total. The van der Waals surface area contributed by atoms with E-state index in [2.05, 4.69) is 0 Å². The van der Waals surface area contributed by atoms with Crippen molar-refractivity contribution in [2.45, 2.75) is 19.9 Å². The molecule has 32 heavy (non-hydrogen) atoms. The summed E-state index contributed by atoms with van der Waals surface area (Å²) in [4.78, 5) is 29.8. The van der Waals surface area contributed by atoms with Crippen LogP contribution in [0.1, 0.15) is 41.6 Å². The first-order valence-electron chi connectivity index (χ1n) is 11.0.